The number of halogens is 2. The van der Waals surface area contributed by atoms with Crippen molar-refractivity contribution >= 4 is 15.7 Å². The zero-order chi connectivity index (χ0) is 18.7. The fraction of sp³-hybridized carbons (Fsp3) is 0.118. The topological polar surface area (TPSA) is 73.2 Å². The SMILES string of the molecule is Cc1nccn1-c1ccc(NS(=O)(=O)c2cccc(OC(F)F)c2)cc1. The molecule has 3 rings (SSSR count). The average Bonchev–Trinajstić information content (AvgIpc) is 3.01. The first kappa shape index (κ1) is 17.9. The molecule has 0 aliphatic carbocycles. The zero-order valence-electron chi connectivity index (χ0n) is 13.6. The van der Waals surface area contributed by atoms with Crippen LogP contribution in [0.1, 0.15) is 5.82 Å². The molecule has 2 aromatic carbocycles. The van der Waals surface area contributed by atoms with Crippen LogP contribution in [0.5, 0.6) is 5.75 Å². The standard InChI is InChI=1S/C17H15F2N3O3S/c1-12-20-9-10-22(12)14-7-5-13(6-8-14)21-26(23,24)16-4-2-3-15(11-16)25-17(18)19/h2-11,17,21H,1H3. The average molecular weight is 379 g/mol. The van der Waals surface area contributed by atoms with Gasteiger partial charge in [0.15, 0.2) is 0 Å². The van der Waals surface area contributed by atoms with Gasteiger partial charge in [0.2, 0.25) is 0 Å². The van der Waals surface area contributed by atoms with Gasteiger partial charge in [0, 0.05) is 29.8 Å². The van der Waals surface area contributed by atoms with Crippen molar-refractivity contribution in [3.8, 4) is 11.4 Å². The Kier molecular flexibility index (Phi) is 4.90. The van der Waals surface area contributed by atoms with Crippen LogP contribution in [0.4, 0.5) is 14.5 Å². The van der Waals surface area contributed by atoms with Gasteiger partial charge in [-0.3, -0.25) is 4.72 Å². The predicted octanol–water partition coefficient (Wildman–Crippen LogP) is 3.58. The lowest BCUT2D eigenvalue weighted by Crippen LogP contribution is -2.13. The van der Waals surface area contributed by atoms with Crippen molar-refractivity contribution in [3.05, 3.63) is 66.7 Å². The Morgan fingerprint density at radius 2 is 1.88 bits per heavy atom. The molecular formula is C17H15F2N3O3S. The number of sulfonamides is 1. The fourth-order valence-corrected chi connectivity index (χ4v) is 3.47. The fourth-order valence-electron chi connectivity index (χ4n) is 2.37. The maximum absolute atomic E-state index is 12.4. The van der Waals surface area contributed by atoms with Crippen LogP contribution < -0.4 is 9.46 Å². The molecule has 3 aromatic rings. The molecular weight excluding hydrogens is 364 g/mol. The highest BCUT2D eigenvalue weighted by molar-refractivity contribution is 7.92. The van der Waals surface area contributed by atoms with E-state index >= 15 is 0 Å². The molecule has 0 radical (unpaired) electrons. The molecule has 0 bridgehead atoms. The van der Waals surface area contributed by atoms with Crippen molar-refractivity contribution < 1.29 is 21.9 Å². The van der Waals surface area contributed by atoms with Crippen molar-refractivity contribution in [1.29, 1.82) is 0 Å². The number of hydrogen-bond donors (Lipinski definition) is 1. The van der Waals surface area contributed by atoms with E-state index in [1.807, 2.05) is 11.5 Å². The summed E-state index contributed by atoms with van der Waals surface area (Å²) < 4.78 is 57.9. The molecule has 0 amide bonds. The molecule has 136 valence electrons. The third-order valence-electron chi connectivity index (χ3n) is 3.56. The van der Waals surface area contributed by atoms with E-state index in [2.05, 4.69) is 14.4 Å². The second-order valence-corrected chi connectivity index (χ2v) is 7.03. The molecule has 0 unspecified atom stereocenters. The largest absolute Gasteiger partial charge is 0.435 e. The Bertz CT molecular complexity index is 1000. The van der Waals surface area contributed by atoms with Gasteiger partial charge < -0.3 is 9.30 Å². The first-order chi connectivity index (χ1) is 12.3. The second kappa shape index (κ2) is 7.12. The van der Waals surface area contributed by atoms with Gasteiger partial charge in [0.25, 0.3) is 10.0 Å². The Morgan fingerprint density at radius 3 is 2.50 bits per heavy atom. The number of aryl methyl sites for hydroxylation is 1. The van der Waals surface area contributed by atoms with Crippen molar-refractivity contribution in [2.75, 3.05) is 4.72 Å². The molecule has 0 aliphatic heterocycles. The molecule has 0 saturated carbocycles. The van der Waals surface area contributed by atoms with Gasteiger partial charge in [-0.15, -0.1) is 0 Å². The number of alkyl halides is 2. The van der Waals surface area contributed by atoms with E-state index in [0.29, 0.717) is 5.69 Å². The van der Waals surface area contributed by atoms with E-state index in [1.54, 1.807) is 36.7 Å². The van der Waals surface area contributed by atoms with Gasteiger partial charge in [-0.2, -0.15) is 8.78 Å². The summed E-state index contributed by atoms with van der Waals surface area (Å²) in [6.45, 7) is -1.18. The minimum atomic E-state index is -3.94. The summed E-state index contributed by atoms with van der Waals surface area (Å²) in [6.07, 6.45) is 3.46. The van der Waals surface area contributed by atoms with Crippen LogP contribution in [0.3, 0.4) is 0 Å². The summed E-state index contributed by atoms with van der Waals surface area (Å²) in [5.74, 6) is 0.572. The number of imidazole rings is 1. The Hall–Kier alpha value is -2.94. The van der Waals surface area contributed by atoms with Gasteiger partial charge in [-0.05, 0) is 43.3 Å². The monoisotopic (exact) mass is 379 g/mol. The van der Waals surface area contributed by atoms with E-state index in [4.69, 9.17) is 0 Å². The van der Waals surface area contributed by atoms with Crippen LogP contribution in [-0.2, 0) is 10.0 Å². The minimum Gasteiger partial charge on any atom is -0.435 e. The molecule has 0 spiro atoms. The molecule has 0 saturated heterocycles. The number of nitrogens with zero attached hydrogens (tertiary/aromatic N) is 2. The predicted molar refractivity (Wildman–Crippen MR) is 92.2 cm³/mol. The van der Waals surface area contributed by atoms with E-state index in [-0.39, 0.29) is 10.6 Å². The van der Waals surface area contributed by atoms with Crippen LogP contribution in [0, 0.1) is 6.92 Å². The lowest BCUT2D eigenvalue weighted by atomic mass is 10.3. The highest BCUT2D eigenvalue weighted by Crippen LogP contribution is 2.22. The number of nitrogens with one attached hydrogen (secondary N) is 1. The number of rotatable bonds is 6. The van der Waals surface area contributed by atoms with Crippen molar-refractivity contribution in [3.63, 3.8) is 0 Å². The minimum absolute atomic E-state index is 0.176. The number of anilines is 1. The van der Waals surface area contributed by atoms with Crippen LogP contribution in [0.2, 0.25) is 0 Å². The maximum atomic E-state index is 12.4. The molecule has 1 heterocycles. The summed E-state index contributed by atoms with van der Waals surface area (Å²) >= 11 is 0. The molecule has 0 fully saturated rings. The summed E-state index contributed by atoms with van der Waals surface area (Å²) in [5.41, 5.74) is 1.17. The highest BCUT2D eigenvalue weighted by atomic mass is 32.2. The number of hydrogen-bond acceptors (Lipinski definition) is 4. The Labute approximate surface area is 149 Å². The zero-order valence-corrected chi connectivity index (χ0v) is 14.5. The number of aromatic nitrogens is 2. The molecule has 26 heavy (non-hydrogen) atoms. The molecule has 9 heteroatoms. The molecule has 1 aromatic heterocycles. The third kappa shape index (κ3) is 3.99. The summed E-state index contributed by atoms with van der Waals surface area (Å²) in [7, 11) is -3.94. The van der Waals surface area contributed by atoms with Crippen LogP contribution >= 0.6 is 0 Å². The van der Waals surface area contributed by atoms with E-state index in [0.717, 1.165) is 17.6 Å². The summed E-state index contributed by atoms with van der Waals surface area (Å²) in [4.78, 5) is 3.95. The van der Waals surface area contributed by atoms with Crippen molar-refractivity contribution in [2.24, 2.45) is 0 Å². The first-order valence-corrected chi connectivity index (χ1v) is 9.01. The quantitative estimate of drug-likeness (QED) is 0.710. The van der Waals surface area contributed by atoms with E-state index in [9.17, 15) is 17.2 Å². The number of benzene rings is 2. The highest BCUT2D eigenvalue weighted by Gasteiger charge is 2.16. The normalized spacial score (nSPS) is 11.5. The van der Waals surface area contributed by atoms with Gasteiger partial charge >= 0.3 is 6.61 Å². The molecule has 0 atom stereocenters. The molecule has 6 nitrogen and oxygen atoms in total. The van der Waals surface area contributed by atoms with Crippen LogP contribution in [0.15, 0.2) is 65.8 Å². The molecule has 1 N–H and O–H groups in total. The van der Waals surface area contributed by atoms with Gasteiger partial charge in [0.05, 0.1) is 4.90 Å². The Balaban J connectivity index is 1.80. The van der Waals surface area contributed by atoms with Crippen molar-refractivity contribution in [2.45, 2.75) is 18.4 Å². The lowest BCUT2D eigenvalue weighted by molar-refractivity contribution is -0.0499. The van der Waals surface area contributed by atoms with Crippen LogP contribution in [0.25, 0.3) is 5.69 Å². The maximum Gasteiger partial charge on any atom is 0.387 e. The first-order valence-electron chi connectivity index (χ1n) is 7.53. The molecule has 0 aliphatic rings. The van der Waals surface area contributed by atoms with E-state index in [1.165, 1.54) is 18.2 Å². The smallest absolute Gasteiger partial charge is 0.387 e. The third-order valence-corrected chi connectivity index (χ3v) is 4.94. The second-order valence-electron chi connectivity index (χ2n) is 5.35. The summed E-state index contributed by atoms with van der Waals surface area (Å²) in [6, 6.07) is 11.6. The van der Waals surface area contributed by atoms with Gasteiger partial charge in [-0.25, -0.2) is 13.4 Å². The van der Waals surface area contributed by atoms with Crippen molar-refractivity contribution in [1.82, 2.24) is 9.55 Å². The van der Waals surface area contributed by atoms with Gasteiger partial charge in [0.1, 0.15) is 11.6 Å². The number of ether oxygens (including phenoxy) is 1. The van der Waals surface area contributed by atoms with E-state index < -0.39 is 16.6 Å². The summed E-state index contributed by atoms with van der Waals surface area (Å²) in [5, 5.41) is 0. The van der Waals surface area contributed by atoms with Crippen LogP contribution in [-0.4, -0.2) is 24.6 Å². The lowest BCUT2D eigenvalue weighted by Gasteiger charge is -2.11. The van der Waals surface area contributed by atoms with Gasteiger partial charge in [-0.1, -0.05) is 6.07 Å². The Morgan fingerprint density at radius 1 is 1.15 bits per heavy atom.